The van der Waals surface area contributed by atoms with Crippen LogP contribution in [0.5, 0.6) is 0 Å². The summed E-state index contributed by atoms with van der Waals surface area (Å²) in [6.07, 6.45) is 0.491. The lowest BCUT2D eigenvalue weighted by molar-refractivity contribution is -0.116. The van der Waals surface area contributed by atoms with Crippen molar-refractivity contribution in [1.29, 1.82) is 0 Å². The lowest BCUT2D eigenvalue weighted by Gasteiger charge is -2.13. The zero-order valence-corrected chi connectivity index (χ0v) is 14.4. The number of nitrogens with one attached hydrogen (secondary N) is 2. The van der Waals surface area contributed by atoms with Gasteiger partial charge in [0.25, 0.3) is 0 Å². The maximum absolute atomic E-state index is 11.9. The maximum atomic E-state index is 11.9. The average molecular weight is 335 g/mol. The summed E-state index contributed by atoms with van der Waals surface area (Å²) in [4.78, 5) is 13.3. The zero-order chi connectivity index (χ0) is 15.6. The van der Waals surface area contributed by atoms with E-state index in [4.69, 9.17) is 0 Å². The van der Waals surface area contributed by atoms with Crippen LogP contribution in [0.2, 0.25) is 0 Å². The molecule has 0 radical (unpaired) electrons. The first-order valence-corrected chi connectivity index (χ1v) is 9.46. The normalized spacial score (nSPS) is 12.0. The van der Waals surface area contributed by atoms with Crippen molar-refractivity contribution in [2.45, 2.75) is 25.1 Å². The summed E-state index contributed by atoms with van der Waals surface area (Å²) < 4.78 is 0. The predicted octanol–water partition coefficient (Wildman–Crippen LogP) is 3.99. The third-order valence-corrected chi connectivity index (χ3v) is 5.18. The minimum absolute atomic E-state index is 0.0532. The molecule has 1 amide bonds. The standard InChI is InChI=1S/C17H22N2OS2/c1-14(12-17(20)19-15-6-3-2-4-7-15)18-9-11-21-13-16-8-5-10-22-16/h2-8,10,14,18H,9,11-13H2,1H3,(H,19,20)/t14-/m1/s1. The summed E-state index contributed by atoms with van der Waals surface area (Å²) in [5.41, 5.74) is 0.853. The molecular formula is C17H22N2OS2. The van der Waals surface area contributed by atoms with Gasteiger partial charge in [0.15, 0.2) is 0 Å². The molecule has 0 aliphatic rings. The van der Waals surface area contributed by atoms with Crippen molar-refractivity contribution in [2.75, 3.05) is 17.6 Å². The molecule has 2 aromatic rings. The van der Waals surface area contributed by atoms with Gasteiger partial charge in [0.05, 0.1) is 0 Å². The maximum Gasteiger partial charge on any atom is 0.225 e. The van der Waals surface area contributed by atoms with Crippen LogP contribution in [0.15, 0.2) is 47.8 Å². The number of rotatable bonds is 9. The van der Waals surface area contributed by atoms with Crippen LogP contribution in [0, 0.1) is 0 Å². The Bertz CT molecular complexity index is 543. The number of thioether (sulfide) groups is 1. The number of para-hydroxylation sites is 1. The molecule has 0 spiro atoms. The fraction of sp³-hybridized carbons (Fsp3) is 0.353. The van der Waals surface area contributed by atoms with Gasteiger partial charge in [-0.1, -0.05) is 24.3 Å². The highest BCUT2D eigenvalue weighted by Crippen LogP contribution is 2.16. The van der Waals surface area contributed by atoms with E-state index in [1.54, 1.807) is 11.3 Å². The summed E-state index contributed by atoms with van der Waals surface area (Å²) in [5, 5.41) is 8.42. The molecule has 2 N–H and O–H groups in total. The quantitative estimate of drug-likeness (QED) is 0.681. The zero-order valence-electron chi connectivity index (χ0n) is 12.7. The molecule has 3 nitrogen and oxygen atoms in total. The van der Waals surface area contributed by atoms with E-state index in [0.29, 0.717) is 6.42 Å². The lowest BCUT2D eigenvalue weighted by Crippen LogP contribution is -2.32. The van der Waals surface area contributed by atoms with Crippen LogP contribution in [0.25, 0.3) is 0 Å². The van der Waals surface area contributed by atoms with Crippen LogP contribution in [-0.4, -0.2) is 24.2 Å². The second-order valence-electron chi connectivity index (χ2n) is 5.11. The number of benzene rings is 1. The molecule has 1 aromatic heterocycles. The van der Waals surface area contributed by atoms with Crippen molar-refractivity contribution >= 4 is 34.7 Å². The van der Waals surface area contributed by atoms with Crippen LogP contribution in [0.3, 0.4) is 0 Å². The van der Waals surface area contributed by atoms with Gasteiger partial charge in [-0.25, -0.2) is 0 Å². The van der Waals surface area contributed by atoms with E-state index in [-0.39, 0.29) is 11.9 Å². The average Bonchev–Trinajstić information content (AvgIpc) is 3.01. The van der Waals surface area contributed by atoms with Gasteiger partial charge < -0.3 is 10.6 Å². The summed E-state index contributed by atoms with van der Waals surface area (Å²) in [6.45, 7) is 2.98. The van der Waals surface area contributed by atoms with Gasteiger partial charge in [0.1, 0.15) is 0 Å². The first-order valence-electron chi connectivity index (χ1n) is 7.42. The van der Waals surface area contributed by atoms with Gasteiger partial charge in [0.2, 0.25) is 5.91 Å². The van der Waals surface area contributed by atoms with Crippen LogP contribution in [0.4, 0.5) is 5.69 Å². The molecule has 0 bridgehead atoms. The molecule has 118 valence electrons. The molecule has 0 aliphatic heterocycles. The van der Waals surface area contributed by atoms with E-state index in [2.05, 4.69) is 35.1 Å². The highest BCUT2D eigenvalue weighted by Gasteiger charge is 2.08. The van der Waals surface area contributed by atoms with Crippen LogP contribution in [0.1, 0.15) is 18.2 Å². The molecule has 2 rings (SSSR count). The van der Waals surface area contributed by atoms with Gasteiger partial charge in [-0.3, -0.25) is 4.79 Å². The van der Waals surface area contributed by atoms with Gasteiger partial charge in [-0.05, 0) is 30.5 Å². The first-order chi connectivity index (χ1) is 10.7. The minimum atomic E-state index is 0.0532. The molecule has 1 atom stereocenters. The molecule has 0 saturated heterocycles. The molecular weight excluding hydrogens is 312 g/mol. The highest BCUT2D eigenvalue weighted by molar-refractivity contribution is 7.98. The Morgan fingerprint density at radius 1 is 1.23 bits per heavy atom. The molecule has 5 heteroatoms. The van der Waals surface area contributed by atoms with Crippen molar-refractivity contribution in [3.8, 4) is 0 Å². The van der Waals surface area contributed by atoms with E-state index in [0.717, 1.165) is 23.7 Å². The van der Waals surface area contributed by atoms with E-state index in [1.807, 2.05) is 42.1 Å². The Morgan fingerprint density at radius 3 is 2.77 bits per heavy atom. The fourth-order valence-corrected chi connectivity index (χ4v) is 3.74. The Morgan fingerprint density at radius 2 is 2.05 bits per heavy atom. The number of hydrogen-bond donors (Lipinski definition) is 2. The van der Waals surface area contributed by atoms with Crippen molar-refractivity contribution in [3.05, 3.63) is 52.7 Å². The fourth-order valence-electron chi connectivity index (χ4n) is 2.03. The topological polar surface area (TPSA) is 41.1 Å². The smallest absolute Gasteiger partial charge is 0.225 e. The van der Waals surface area contributed by atoms with Gasteiger partial charge >= 0.3 is 0 Å². The van der Waals surface area contributed by atoms with Gasteiger partial charge in [-0.15, -0.1) is 11.3 Å². The van der Waals surface area contributed by atoms with Crippen molar-refractivity contribution < 1.29 is 4.79 Å². The predicted molar refractivity (Wildman–Crippen MR) is 97.6 cm³/mol. The Labute approximate surface area is 140 Å². The van der Waals surface area contributed by atoms with Crippen molar-refractivity contribution in [3.63, 3.8) is 0 Å². The summed E-state index contributed by atoms with van der Waals surface area (Å²) in [5.74, 6) is 2.18. The monoisotopic (exact) mass is 334 g/mol. The molecule has 0 saturated carbocycles. The SMILES string of the molecule is C[C@H](CC(=O)Nc1ccccc1)NCCSCc1cccs1. The van der Waals surface area contributed by atoms with Gasteiger partial charge in [-0.2, -0.15) is 11.8 Å². The lowest BCUT2D eigenvalue weighted by atomic mass is 10.2. The number of anilines is 1. The van der Waals surface area contributed by atoms with Crippen LogP contribution >= 0.6 is 23.1 Å². The Kier molecular flexibility index (Phi) is 7.49. The number of carbonyl (C=O) groups is 1. The second kappa shape index (κ2) is 9.66. The number of hydrogen-bond acceptors (Lipinski definition) is 4. The summed E-state index contributed by atoms with van der Waals surface area (Å²) in [6, 6.07) is 14.0. The van der Waals surface area contributed by atoms with E-state index < -0.39 is 0 Å². The Balaban J connectivity index is 1.55. The first kappa shape index (κ1) is 17.1. The molecule has 0 fully saturated rings. The number of thiophene rings is 1. The van der Waals surface area contributed by atoms with Crippen molar-refractivity contribution in [2.24, 2.45) is 0 Å². The largest absolute Gasteiger partial charge is 0.326 e. The third kappa shape index (κ3) is 6.64. The second-order valence-corrected chi connectivity index (χ2v) is 7.24. The third-order valence-electron chi connectivity index (χ3n) is 3.11. The van der Waals surface area contributed by atoms with Crippen molar-refractivity contribution in [1.82, 2.24) is 5.32 Å². The molecule has 1 heterocycles. The number of carbonyl (C=O) groups excluding carboxylic acids is 1. The van der Waals surface area contributed by atoms with Crippen LogP contribution in [-0.2, 0) is 10.5 Å². The van der Waals surface area contributed by atoms with Crippen LogP contribution < -0.4 is 10.6 Å². The minimum Gasteiger partial charge on any atom is -0.326 e. The van der Waals surface area contributed by atoms with Gasteiger partial charge in [0, 0.05) is 41.1 Å². The van der Waals surface area contributed by atoms with E-state index >= 15 is 0 Å². The highest BCUT2D eigenvalue weighted by atomic mass is 32.2. The van der Waals surface area contributed by atoms with E-state index in [9.17, 15) is 4.79 Å². The summed E-state index contributed by atoms with van der Waals surface area (Å²) >= 11 is 3.72. The van der Waals surface area contributed by atoms with E-state index in [1.165, 1.54) is 4.88 Å². The number of amides is 1. The summed E-state index contributed by atoms with van der Waals surface area (Å²) in [7, 11) is 0. The Hall–Kier alpha value is -1.30. The molecule has 22 heavy (non-hydrogen) atoms. The molecule has 0 aliphatic carbocycles. The molecule has 0 unspecified atom stereocenters. The molecule has 1 aromatic carbocycles.